The normalized spacial score (nSPS) is 11.7. The van der Waals surface area contributed by atoms with Gasteiger partial charge < -0.3 is 4.74 Å². The van der Waals surface area contributed by atoms with Crippen molar-refractivity contribution in [1.29, 1.82) is 0 Å². The number of hydrogen-bond donors (Lipinski definition) is 2. The van der Waals surface area contributed by atoms with E-state index in [0.29, 0.717) is 0 Å². The van der Waals surface area contributed by atoms with Gasteiger partial charge in [-0.2, -0.15) is 0 Å². The van der Waals surface area contributed by atoms with Gasteiger partial charge in [0.05, 0.1) is 18.0 Å². The second kappa shape index (κ2) is 6.46. The average Bonchev–Trinajstić information content (AvgIpc) is 2.72. The molecule has 0 fully saturated rings. The Balaban J connectivity index is 2.67. The van der Waals surface area contributed by atoms with Gasteiger partial charge in [0.2, 0.25) is 0 Å². The lowest BCUT2D eigenvalue weighted by molar-refractivity contribution is 0.401. The van der Waals surface area contributed by atoms with Crippen molar-refractivity contribution in [2.75, 3.05) is 7.11 Å². The second-order valence-corrected chi connectivity index (χ2v) is 3.99. The molecule has 3 nitrogen and oxygen atoms in total. The van der Waals surface area contributed by atoms with E-state index in [0.717, 1.165) is 23.5 Å². The molecule has 4 heteroatoms. The molecular formula is C11H16N2OS. The van der Waals surface area contributed by atoms with Crippen molar-refractivity contribution in [2.45, 2.75) is 25.8 Å². The van der Waals surface area contributed by atoms with Crippen LogP contribution in [0.15, 0.2) is 11.4 Å². The third-order valence-corrected chi connectivity index (χ3v) is 3.14. The molecule has 3 N–H and O–H groups in total. The molecule has 0 aromatic carbocycles. The van der Waals surface area contributed by atoms with Crippen molar-refractivity contribution in [3.8, 4) is 17.6 Å². The fourth-order valence-corrected chi connectivity index (χ4v) is 2.32. The lowest BCUT2D eigenvalue weighted by atomic mass is 10.1. The topological polar surface area (TPSA) is 47.3 Å². The summed E-state index contributed by atoms with van der Waals surface area (Å²) in [4.78, 5) is 1.14. The van der Waals surface area contributed by atoms with E-state index in [9.17, 15) is 0 Å². The van der Waals surface area contributed by atoms with Gasteiger partial charge in [-0.25, -0.2) is 0 Å². The molecule has 0 aliphatic heterocycles. The third kappa shape index (κ3) is 3.24. The van der Waals surface area contributed by atoms with Gasteiger partial charge >= 0.3 is 0 Å². The highest BCUT2D eigenvalue weighted by Gasteiger charge is 2.15. The largest absolute Gasteiger partial charge is 0.496 e. The Labute approximate surface area is 94.6 Å². The molecule has 0 bridgehead atoms. The van der Waals surface area contributed by atoms with Crippen LogP contribution in [0.4, 0.5) is 0 Å². The first-order valence-electron chi connectivity index (χ1n) is 4.80. The summed E-state index contributed by atoms with van der Waals surface area (Å²) in [6, 6.07) is 2.08. The first-order valence-corrected chi connectivity index (χ1v) is 5.68. The van der Waals surface area contributed by atoms with Crippen molar-refractivity contribution in [3.63, 3.8) is 0 Å². The Hall–Kier alpha value is -1.02. The van der Waals surface area contributed by atoms with E-state index in [1.54, 1.807) is 18.4 Å². The molecule has 15 heavy (non-hydrogen) atoms. The van der Waals surface area contributed by atoms with Crippen LogP contribution < -0.4 is 16.0 Å². The van der Waals surface area contributed by atoms with E-state index in [-0.39, 0.29) is 6.04 Å². The average molecular weight is 224 g/mol. The monoisotopic (exact) mass is 224 g/mol. The number of hydrogen-bond acceptors (Lipinski definition) is 4. The molecule has 1 unspecified atom stereocenters. The Morgan fingerprint density at radius 3 is 3.07 bits per heavy atom. The number of methoxy groups -OCH3 is 1. The van der Waals surface area contributed by atoms with Crippen molar-refractivity contribution in [1.82, 2.24) is 5.43 Å². The van der Waals surface area contributed by atoms with E-state index in [2.05, 4.69) is 17.3 Å². The molecule has 0 saturated carbocycles. The highest BCUT2D eigenvalue weighted by atomic mass is 32.1. The molecule has 0 aliphatic rings. The van der Waals surface area contributed by atoms with Gasteiger partial charge in [-0.1, -0.05) is 0 Å². The maximum absolute atomic E-state index is 5.52. The molecule has 1 aromatic heterocycles. The molecule has 0 radical (unpaired) electrons. The first kappa shape index (κ1) is 12.1. The van der Waals surface area contributed by atoms with Gasteiger partial charge in [0, 0.05) is 6.42 Å². The molecule has 1 aromatic rings. The highest BCUT2D eigenvalue weighted by molar-refractivity contribution is 7.10. The molecule has 0 saturated heterocycles. The summed E-state index contributed by atoms with van der Waals surface area (Å²) in [7, 11) is 1.67. The second-order valence-electron chi connectivity index (χ2n) is 3.04. The predicted molar refractivity (Wildman–Crippen MR) is 63.6 cm³/mol. The van der Waals surface area contributed by atoms with Crippen LogP contribution in [0.2, 0.25) is 0 Å². The summed E-state index contributed by atoms with van der Waals surface area (Å²) < 4.78 is 5.25. The summed E-state index contributed by atoms with van der Waals surface area (Å²) in [6.45, 7) is 1.84. The van der Waals surface area contributed by atoms with Gasteiger partial charge in [-0.05, 0) is 24.8 Å². The van der Waals surface area contributed by atoms with Crippen molar-refractivity contribution >= 4 is 11.3 Å². The highest BCUT2D eigenvalue weighted by Crippen LogP contribution is 2.32. The molecule has 0 aliphatic carbocycles. The van der Waals surface area contributed by atoms with Crippen molar-refractivity contribution < 1.29 is 4.74 Å². The molecule has 82 valence electrons. The van der Waals surface area contributed by atoms with Crippen LogP contribution >= 0.6 is 11.3 Å². The third-order valence-electron chi connectivity index (χ3n) is 2.13. The molecular weight excluding hydrogens is 208 g/mol. The predicted octanol–water partition coefficient (Wildman–Crippen LogP) is 2.06. The van der Waals surface area contributed by atoms with Crippen LogP contribution in [0.5, 0.6) is 5.75 Å². The number of ether oxygens (including phenoxy) is 1. The zero-order valence-electron chi connectivity index (χ0n) is 9.04. The van der Waals surface area contributed by atoms with Crippen LogP contribution in [-0.4, -0.2) is 7.11 Å². The zero-order chi connectivity index (χ0) is 11.1. The van der Waals surface area contributed by atoms with E-state index in [1.165, 1.54) is 0 Å². The minimum absolute atomic E-state index is 0.126. The maximum atomic E-state index is 5.52. The van der Waals surface area contributed by atoms with Crippen molar-refractivity contribution in [3.05, 3.63) is 16.3 Å². The summed E-state index contributed by atoms with van der Waals surface area (Å²) >= 11 is 1.65. The summed E-state index contributed by atoms with van der Waals surface area (Å²) in [5.41, 5.74) is 2.80. The Kier molecular flexibility index (Phi) is 5.19. The Morgan fingerprint density at radius 1 is 1.67 bits per heavy atom. The van der Waals surface area contributed by atoms with Gasteiger partial charge in [-0.3, -0.25) is 11.3 Å². The number of nitrogens with two attached hydrogens (primary N) is 1. The van der Waals surface area contributed by atoms with Crippen LogP contribution in [0.3, 0.4) is 0 Å². The van der Waals surface area contributed by atoms with Gasteiger partial charge in [0.25, 0.3) is 0 Å². The summed E-state index contributed by atoms with van der Waals surface area (Å²) in [6.07, 6.45) is 1.74. The number of rotatable bonds is 5. The maximum Gasteiger partial charge on any atom is 0.134 e. The lowest BCUT2D eigenvalue weighted by Gasteiger charge is -2.14. The summed E-state index contributed by atoms with van der Waals surface area (Å²) in [5, 5.41) is 2.00. The van der Waals surface area contributed by atoms with Gasteiger partial charge in [0.1, 0.15) is 5.75 Å². The van der Waals surface area contributed by atoms with E-state index in [4.69, 9.17) is 10.6 Å². The SMILES string of the molecule is CC#CCCC(NN)c1sccc1OC. The molecule has 1 atom stereocenters. The van der Waals surface area contributed by atoms with Crippen LogP contribution in [0.1, 0.15) is 30.7 Å². The number of hydrazine groups is 1. The van der Waals surface area contributed by atoms with E-state index >= 15 is 0 Å². The zero-order valence-corrected chi connectivity index (χ0v) is 9.86. The molecule has 0 spiro atoms. The Bertz CT molecular complexity index is 351. The van der Waals surface area contributed by atoms with Gasteiger partial charge in [0.15, 0.2) is 0 Å². The lowest BCUT2D eigenvalue weighted by Crippen LogP contribution is -2.27. The fraction of sp³-hybridized carbons (Fsp3) is 0.455. The molecule has 0 amide bonds. The fourth-order valence-electron chi connectivity index (χ4n) is 1.36. The van der Waals surface area contributed by atoms with Gasteiger partial charge in [-0.15, -0.1) is 23.2 Å². The van der Waals surface area contributed by atoms with E-state index < -0.39 is 0 Å². The minimum Gasteiger partial charge on any atom is -0.496 e. The molecule has 1 heterocycles. The quantitative estimate of drug-likeness (QED) is 0.457. The Morgan fingerprint density at radius 2 is 2.47 bits per heavy atom. The smallest absolute Gasteiger partial charge is 0.134 e. The standard InChI is InChI=1S/C11H16N2OS/c1-3-4-5-6-9(13-12)11-10(14-2)7-8-15-11/h7-9,13H,5-6,12H2,1-2H3. The van der Waals surface area contributed by atoms with E-state index in [1.807, 2.05) is 18.4 Å². The molecule has 1 rings (SSSR count). The number of thiophene rings is 1. The van der Waals surface area contributed by atoms with Crippen LogP contribution in [-0.2, 0) is 0 Å². The minimum atomic E-state index is 0.126. The van der Waals surface area contributed by atoms with Crippen molar-refractivity contribution in [2.24, 2.45) is 5.84 Å². The first-order chi connectivity index (χ1) is 7.33. The van der Waals surface area contributed by atoms with Crippen LogP contribution in [0.25, 0.3) is 0 Å². The summed E-state index contributed by atoms with van der Waals surface area (Å²) in [5.74, 6) is 12.3. The number of nitrogens with one attached hydrogen (secondary N) is 1. The van der Waals surface area contributed by atoms with Crippen LogP contribution in [0, 0.1) is 11.8 Å².